The van der Waals surface area contributed by atoms with Gasteiger partial charge in [0.15, 0.2) is 0 Å². The van der Waals surface area contributed by atoms with Gasteiger partial charge in [-0.1, -0.05) is 6.07 Å². The zero-order valence-electron chi connectivity index (χ0n) is 10.9. The average molecular weight is 259 g/mol. The Morgan fingerprint density at radius 2 is 2.21 bits per heavy atom. The monoisotopic (exact) mass is 259 g/mol. The summed E-state index contributed by atoms with van der Waals surface area (Å²) in [6.07, 6.45) is 3.79. The van der Waals surface area contributed by atoms with Crippen LogP contribution in [-0.4, -0.2) is 34.3 Å². The number of aromatic nitrogens is 1. The Bertz CT molecular complexity index is 525. The van der Waals surface area contributed by atoms with Crippen molar-refractivity contribution >= 4 is 11.8 Å². The highest BCUT2D eigenvalue weighted by Gasteiger charge is 2.42. The third-order valence-electron chi connectivity index (χ3n) is 3.78. The fraction of sp³-hybridized carbons (Fsp3) is 0.500. The van der Waals surface area contributed by atoms with Crippen molar-refractivity contribution < 1.29 is 9.59 Å². The number of amides is 2. The first-order valence-electron chi connectivity index (χ1n) is 6.64. The van der Waals surface area contributed by atoms with E-state index in [1.165, 1.54) is 0 Å². The number of nitrogens with one attached hydrogen (secondary N) is 1. The van der Waals surface area contributed by atoms with E-state index in [1.54, 1.807) is 11.1 Å². The van der Waals surface area contributed by atoms with Gasteiger partial charge in [-0.05, 0) is 37.3 Å². The SMILES string of the molecule is Cc1cccnc1CN1CC(=O)NC(C2CC2)C1=O. The van der Waals surface area contributed by atoms with Gasteiger partial charge in [-0.3, -0.25) is 14.6 Å². The molecule has 1 saturated carbocycles. The Kier molecular flexibility index (Phi) is 2.97. The molecular formula is C14H17N3O2. The summed E-state index contributed by atoms with van der Waals surface area (Å²) >= 11 is 0. The lowest BCUT2D eigenvalue weighted by Crippen LogP contribution is -2.58. The van der Waals surface area contributed by atoms with Gasteiger partial charge in [0.25, 0.3) is 0 Å². The molecule has 0 radical (unpaired) electrons. The van der Waals surface area contributed by atoms with Crippen molar-refractivity contribution in [1.29, 1.82) is 0 Å². The van der Waals surface area contributed by atoms with Gasteiger partial charge < -0.3 is 10.2 Å². The summed E-state index contributed by atoms with van der Waals surface area (Å²) in [7, 11) is 0. The maximum absolute atomic E-state index is 12.4. The van der Waals surface area contributed by atoms with E-state index in [1.807, 2.05) is 19.1 Å². The molecule has 2 heterocycles. The summed E-state index contributed by atoms with van der Waals surface area (Å²) in [6.45, 7) is 2.52. The predicted octanol–water partition coefficient (Wildman–Crippen LogP) is 0.627. The Morgan fingerprint density at radius 3 is 2.89 bits per heavy atom. The first-order valence-corrected chi connectivity index (χ1v) is 6.64. The molecule has 5 heteroatoms. The minimum absolute atomic E-state index is 0.0344. The fourth-order valence-electron chi connectivity index (χ4n) is 2.48. The first-order chi connectivity index (χ1) is 9.15. The molecule has 1 aromatic rings. The van der Waals surface area contributed by atoms with Gasteiger partial charge in [0.05, 0.1) is 12.2 Å². The van der Waals surface area contributed by atoms with Crippen LogP contribution >= 0.6 is 0 Å². The second kappa shape index (κ2) is 4.64. The minimum Gasteiger partial charge on any atom is -0.342 e. The van der Waals surface area contributed by atoms with Crippen LogP contribution in [0.15, 0.2) is 18.3 Å². The van der Waals surface area contributed by atoms with Gasteiger partial charge in [0.2, 0.25) is 11.8 Å². The van der Waals surface area contributed by atoms with Crippen molar-refractivity contribution in [2.24, 2.45) is 5.92 Å². The quantitative estimate of drug-likeness (QED) is 0.866. The largest absolute Gasteiger partial charge is 0.342 e. The lowest BCUT2D eigenvalue weighted by molar-refractivity contribution is -0.145. The Balaban J connectivity index is 1.77. The number of aryl methyl sites for hydroxylation is 1. The van der Waals surface area contributed by atoms with Gasteiger partial charge in [-0.2, -0.15) is 0 Å². The minimum atomic E-state index is -0.315. The molecule has 1 aromatic heterocycles. The Labute approximate surface area is 112 Å². The van der Waals surface area contributed by atoms with E-state index in [0.29, 0.717) is 12.5 Å². The standard InChI is InChI=1S/C14H17N3O2/c1-9-3-2-6-15-11(9)7-17-8-12(18)16-13(14(17)19)10-4-5-10/h2-3,6,10,13H,4-5,7-8H2,1H3,(H,16,18). The molecule has 1 aliphatic carbocycles. The Hall–Kier alpha value is -1.91. The van der Waals surface area contributed by atoms with Crippen molar-refractivity contribution in [1.82, 2.24) is 15.2 Å². The zero-order valence-corrected chi connectivity index (χ0v) is 10.9. The summed E-state index contributed by atoms with van der Waals surface area (Å²) < 4.78 is 0. The molecule has 19 heavy (non-hydrogen) atoms. The van der Waals surface area contributed by atoms with Crippen molar-refractivity contribution in [2.75, 3.05) is 6.54 Å². The molecule has 3 rings (SSSR count). The summed E-state index contributed by atoms with van der Waals surface area (Å²) in [5, 5.41) is 2.81. The van der Waals surface area contributed by atoms with Crippen molar-refractivity contribution in [2.45, 2.75) is 32.4 Å². The van der Waals surface area contributed by atoms with E-state index >= 15 is 0 Å². The molecule has 2 fully saturated rings. The van der Waals surface area contributed by atoms with Crippen molar-refractivity contribution in [3.63, 3.8) is 0 Å². The van der Waals surface area contributed by atoms with Gasteiger partial charge in [-0.15, -0.1) is 0 Å². The average Bonchev–Trinajstić information content (AvgIpc) is 3.20. The number of carbonyl (C=O) groups excluding carboxylic acids is 2. The van der Waals surface area contributed by atoms with Gasteiger partial charge >= 0.3 is 0 Å². The number of carbonyl (C=O) groups is 2. The zero-order chi connectivity index (χ0) is 13.4. The molecule has 2 aliphatic rings. The van der Waals surface area contributed by atoms with E-state index in [-0.39, 0.29) is 24.4 Å². The maximum Gasteiger partial charge on any atom is 0.246 e. The second-order valence-electron chi connectivity index (χ2n) is 5.34. The van der Waals surface area contributed by atoms with Crippen LogP contribution in [0.5, 0.6) is 0 Å². The molecule has 1 atom stereocenters. The molecule has 5 nitrogen and oxygen atoms in total. The number of nitrogens with zero attached hydrogens (tertiary/aromatic N) is 2. The topological polar surface area (TPSA) is 62.3 Å². The second-order valence-corrected chi connectivity index (χ2v) is 5.34. The molecule has 1 aliphatic heterocycles. The number of pyridine rings is 1. The molecule has 1 unspecified atom stereocenters. The summed E-state index contributed by atoms with van der Waals surface area (Å²) in [5.74, 6) is 0.307. The number of piperazine rings is 1. The maximum atomic E-state index is 12.4. The Morgan fingerprint density at radius 1 is 1.42 bits per heavy atom. The summed E-state index contributed by atoms with van der Waals surface area (Å²) in [4.78, 5) is 30.0. The molecule has 0 aromatic carbocycles. The molecular weight excluding hydrogens is 242 g/mol. The number of hydrogen-bond donors (Lipinski definition) is 1. The summed E-state index contributed by atoms with van der Waals surface area (Å²) in [6, 6.07) is 3.52. The van der Waals surface area contributed by atoms with Crippen LogP contribution < -0.4 is 5.32 Å². The number of hydrogen-bond acceptors (Lipinski definition) is 3. The summed E-state index contributed by atoms with van der Waals surface area (Å²) in [5.41, 5.74) is 1.91. The lowest BCUT2D eigenvalue weighted by atomic mass is 10.1. The van der Waals surface area contributed by atoms with E-state index < -0.39 is 0 Å². The van der Waals surface area contributed by atoms with Crippen LogP contribution in [0.25, 0.3) is 0 Å². The van der Waals surface area contributed by atoms with Crippen molar-refractivity contribution in [3.8, 4) is 0 Å². The van der Waals surface area contributed by atoms with Crippen LogP contribution in [0, 0.1) is 12.8 Å². The fourth-order valence-corrected chi connectivity index (χ4v) is 2.48. The predicted molar refractivity (Wildman–Crippen MR) is 69.0 cm³/mol. The third-order valence-corrected chi connectivity index (χ3v) is 3.78. The highest BCUT2D eigenvalue weighted by Crippen LogP contribution is 2.34. The van der Waals surface area contributed by atoms with Gasteiger partial charge in [0, 0.05) is 6.20 Å². The smallest absolute Gasteiger partial charge is 0.246 e. The van der Waals surface area contributed by atoms with Crippen LogP contribution in [-0.2, 0) is 16.1 Å². The van der Waals surface area contributed by atoms with Crippen LogP contribution in [0.1, 0.15) is 24.1 Å². The van der Waals surface area contributed by atoms with E-state index in [0.717, 1.165) is 24.1 Å². The normalized spacial score (nSPS) is 23.4. The molecule has 0 bridgehead atoms. The van der Waals surface area contributed by atoms with E-state index in [4.69, 9.17) is 0 Å². The highest BCUT2D eigenvalue weighted by molar-refractivity contribution is 5.95. The molecule has 100 valence electrons. The van der Waals surface area contributed by atoms with Gasteiger partial charge in [0.1, 0.15) is 12.6 Å². The third kappa shape index (κ3) is 2.45. The first kappa shape index (κ1) is 12.1. The highest BCUT2D eigenvalue weighted by atomic mass is 16.2. The van der Waals surface area contributed by atoms with Crippen LogP contribution in [0.4, 0.5) is 0 Å². The van der Waals surface area contributed by atoms with E-state index in [2.05, 4.69) is 10.3 Å². The lowest BCUT2D eigenvalue weighted by Gasteiger charge is -2.32. The molecule has 2 amide bonds. The molecule has 0 spiro atoms. The van der Waals surface area contributed by atoms with Crippen molar-refractivity contribution in [3.05, 3.63) is 29.6 Å². The molecule has 1 N–H and O–H groups in total. The van der Waals surface area contributed by atoms with Gasteiger partial charge in [-0.25, -0.2) is 0 Å². The number of rotatable bonds is 3. The van der Waals surface area contributed by atoms with Crippen LogP contribution in [0.2, 0.25) is 0 Å². The molecule has 1 saturated heterocycles. The van der Waals surface area contributed by atoms with Crippen LogP contribution in [0.3, 0.4) is 0 Å². The van der Waals surface area contributed by atoms with E-state index in [9.17, 15) is 9.59 Å².